The third-order valence-corrected chi connectivity index (χ3v) is 3.76. The van der Waals surface area contributed by atoms with Gasteiger partial charge < -0.3 is 15.0 Å². The topological polar surface area (TPSA) is 74.2 Å². The fourth-order valence-corrected chi connectivity index (χ4v) is 2.59. The van der Waals surface area contributed by atoms with Crippen molar-refractivity contribution in [1.82, 2.24) is 10.1 Å². The van der Waals surface area contributed by atoms with Crippen molar-refractivity contribution in [3.05, 3.63) is 47.0 Å². The standard InChI is InChI=1S/C18H18ClN3O2/c1-10(2)23-16-7-4-12(9-15(16)19)17-21-18(24-22-17)14-6-5-13(20)8-11(14)3/h4-10H,20H2,1-3H3. The summed E-state index contributed by atoms with van der Waals surface area (Å²) in [5.41, 5.74) is 9.07. The summed E-state index contributed by atoms with van der Waals surface area (Å²) in [4.78, 5) is 4.45. The first-order valence-electron chi connectivity index (χ1n) is 7.61. The second kappa shape index (κ2) is 6.53. The van der Waals surface area contributed by atoms with Gasteiger partial charge in [-0.2, -0.15) is 4.98 Å². The summed E-state index contributed by atoms with van der Waals surface area (Å²) in [5.74, 6) is 1.55. The number of aryl methyl sites for hydroxylation is 1. The van der Waals surface area contributed by atoms with Gasteiger partial charge in [0.25, 0.3) is 5.89 Å². The molecular weight excluding hydrogens is 326 g/mol. The van der Waals surface area contributed by atoms with E-state index in [-0.39, 0.29) is 6.10 Å². The second-order valence-corrected chi connectivity index (χ2v) is 6.22. The van der Waals surface area contributed by atoms with Crippen LogP contribution in [-0.2, 0) is 0 Å². The Bertz CT molecular complexity index is 874. The SMILES string of the molecule is Cc1cc(N)ccc1-c1nc(-c2ccc(OC(C)C)c(Cl)c2)no1. The molecule has 1 aromatic heterocycles. The normalized spacial score (nSPS) is 11.0. The van der Waals surface area contributed by atoms with Gasteiger partial charge in [-0.1, -0.05) is 16.8 Å². The molecule has 0 radical (unpaired) electrons. The Morgan fingerprint density at radius 2 is 1.96 bits per heavy atom. The van der Waals surface area contributed by atoms with Crippen LogP contribution >= 0.6 is 11.6 Å². The van der Waals surface area contributed by atoms with Crippen LogP contribution in [0.2, 0.25) is 5.02 Å². The lowest BCUT2D eigenvalue weighted by Crippen LogP contribution is -2.05. The maximum Gasteiger partial charge on any atom is 0.258 e. The van der Waals surface area contributed by atoms with Crippen molar-refractivity contribution in [3.63, 3.8) is 0 Å². The average Bonchev–Trinajstić information content (AvgIpc) is 2.98. The number of benzene rings is 2. The van der Waals surface area contributed by atoms with Gasteiger partial charge in [-0.15, -0.1) is 0 Å². The number of ether oxygens (including phenoxy) is 1. The molecule has 0 saturated heterocycles. The Morgan fingerprint density at radius 1 is 1.17 bits per heavy atom. The lowest BCUT2D eigenvalue weighted by atomic mass is 10.1. The highest BCUT2D eigenvalue weighted by Crippen LogP contribution is 2.31. The predicted molar refractivity (Wildman–Crippen MR) is 95.1 cm³/mol. The summed E-state index contributed by atoms with van der Waals surface area (Å²) in [6.45, 7) is 5.85. The minimum atomic E-state index is 0.0543. The molecular formula is C18H18ClN3O2. The molecule has 0 fully saturated rings. The zero-order valence-electron chi connectivity index (χ0n) is 13.7. The molecule has 6 heteroatoms. The van der Waals surface area contributed by atoms with E-state index in [2.05, 4.69) is 10.1 Å². The van der Waals surface area contributed by atoms with Crippen LogP contribution in [-0.4, -0.2) is 16.2 Å². The zero-order chi connectivity index (χ0) is 17.3. The van der Waals surface area contributed by atoms with E-state index >= 15 is 0 Å². The Kier molecular flexibility index (Phi) is 4.44. The molecule has 3 aromatic rings. The van der Waals surface area contributed by atoms with E-state index < -0.39 is 0 Å². The van der Waals surface area contributed by atoms with Crippen molar-refractivity contribution in [2.75, 3.05) is 5.73 Å². The predicted octanol–water partition coefficient (Wildman–Crippen LogP) is 4.73. The lowest BCUT2D eigenvalue weighted by molar-refractivity contribution is 0.242. The largest absolute Gasteiger partial charge is 0.489 e. The molecule has 0 aliphatic carbocycles. The molecule has 2 aromatic carbocycles. The highest BCUT2D eigenvalue weighted by molar-refractivity contribution is 6.32. The average molecular weight is 344 g/mol. The molecule has 0 bridgehead atoms. The highest BCUT2D eigenvalue weighted by atomic mass is 35.5. The molecule has 3 rings (SSSR count). The molecule has 0 spiro atoms. The van der Waals surface area contributed by atoms with Crippen LogP contribution in [0.1, 0.15) is 19.4 Å². The van der Waals surface area contributed by atoms with Crippen molar-refractivity contribution in [3.8, 4) is 28.6 Å². The summed E-state index contributed by atoms with van der Waals surface area (Å²) < 4.78 is 11.0. The molecule has 124 valence electrons. The van der Waals surface area contributed by atoms with Crippen LogP contribution in [0.15, 0.2) is 40.9 Å². The van der Waals surface area contributed by atoms with Crippen LogP contribution in [0.3, 0.4) is 0 Å². The third kappa shape index (κ3) is 3.36. The number of hydrogen-bond donors (Lipinski definition) is 1. The van der Waals surface area contributed by atoms with E-state index in [1.54, 1.807) is 12.1 Å². The summed E-state index contributed by atoms with van der Waals surface area (Å²) >= 11 is 6.26. The Labute approximate surface area is 145 Å². The highest BCUT2D eigenvalue weighted by Gasteiger charge is 2.14. The van der Waals surface area contributed by atoms with E-state index in [9.17, 15) is 0 Å². The Balaban J connectivity index is 1.92. The number of nitrogens with two attached hydrogens (primary N) is 1. The fraction of sp³-hybridized carbons (Fsp3) is 0.222. The van der Waals surface area contributed by atoms with Gasteiger partial charge in [0.05, 0.1) is 11.1 Å². The van der Waals surface area contributed by atoms with E-state index in [0.717, 1.165) is 16.7 Å². The van der Waals surface area contributed by atoms with Crippen molar-refractivity contribution in [2.45, 2.75) is 26.9 Å². The van der Waals surface area contributed by atoms with Crippen LogP contribution < -0.4 is 10.5 Å². The number of anilines is 1. The van der Waals surface area contributed by atoms with Gasteiger partial charge in [0.15, 0.2) is 0 Å². The number of nitrogens with zero attached hydrogens (tertiary/aromatic N) is 2. The van der Waals surface area contributed by atoms with Gasteiger partial charge in [0, 0.05) is 16.8 Å². The molecule has 2 N–H and O–H groups in total. The molecule has 24 heavy (non-hydrogen) atoms. The second-order valence-electron chi connectivity index (χ2n) is 5.81. The van der Waals surface area contributed by atoms with Crippen molar-refractivity contribution in [1.29, 1.82) is 0 Å². The summed E-state index contributed by atoms with van der Waals surface area (Å²) in [6, 6.07) is 11.0. The summed E-state index contributed by atoms with van der Waals surface area (Å²) in [6.07, 6.45) is 0.0543. The zero-order valence-corrected chi connectivity index (χ0v) is 14.5. The van der Waals surface area contributed by atoms with Gasteiger partial charge in [-0.3, -0.25) is 0 Å². The number of hydrogen-bond acceptors (Lipinski definition) is 5. The molecule has 0 aliphatic heterocycles. The van der Waals surface area contributed by atoms with Crippen LogP contribution in [0.25, 0.3) is 22.8 Å². The van der Waals surface area contributed by atoms with Crippen molar-refractivity contribution in [2.24, 2.45) is 0 Å². The van der Waals surface area contributed by atoms with Crippen molar-refractivity contribution < 1.29 is 9.26 Å². The molecule has 1 heterocycles. The molecule has 0 amide bonds. The van der Waals surface area contributed by atoms with Crippen molar-refractivity contribution >= 4 is 17.3 Å². The van der Waals surface area contributed by atoms with Gasteiger partial charge >= 0.3 is 0 Å². The van der Waals surface area contributed by atoms with Gasteiger partial charge in [-0.05, 0) is 62.7 Å². The minimum Gasteiger partial charge on any atom is -0.489 e. The van der Waals surface area contributed by atoms with E-state index in [1.807, 2.05) is 45.0 Å². The fourth-order valence-electron chi connectivity index (χ4n) is 2.37. The molecule has 0 aliphatic rings. The minimum absolute atomic E-state index is 0.0543. The quantitative estimate of drug-likeness (QED) is 0.693. The van der Waals surface area contributed by atoms with Gasteiger partial charge in [0.2, 0.25) is 5.82 Å². The summed E-state index contributed by atoms with van der Waals surface area (Å²) in [5, 5.41) is 4.55. The smallest absolute Gasteiger partial charge is 0.258 e. The first-order valence-corrected chi connectivity index (χ1v) is 7.98. The first kappa shape index (κ1) is 16.3. The number of nitrogen functional groups attached to an aromatic ring is 1. The maximum atomic E-state index is 6.26. The number of aromatic nitrogens is 2. The molecule has 0 unspecified atom stereocenters. The van der Waals surface area contributed by atoms with E-state index in [0.29, 0.717) is 28.2 Å². The third-order valence-electron chi connectivity index (χ3n) is 3.46. The first-order chi connectivity index (χ1) is 11.4. The lowest BCUT2D eigenvalue weighted by Gasteiger charge is -2.11. The van der Waals surface area contributed by atoms with E-state index in [1.165, 1.54) is 0 Å². The Hall–Kier alpha value is -2.53. The van der Waals surface area contributed by atoms with Gasteiger partial charge in [0.1, 0.15) is 5.75 Å². The molecule has 5 nitrogen and oxygen atoms in total. The monoisotopic (exact) mass is 343 g/mol. The number of halogens is 1. The molecule has 0 atom stereocenters. The van der Waals surface area contributed by atoms with Crippen LogP contribution in [0.4, 0.5) is 5.69 Å². The van der Waals surface area contributed by atoms with Gasteiger partial charge in [-0.25, -0.2) is 0 Å². The van der Waals surface area contributed by atoms with Crippen LogP contribution in [0.5, 0.6) is 5.75 Å². The van der Waals surface area contributed by atoms with E-state index in [4.69, 9.17) is 26.6 Å². The summed E-state index contributed by atoms with van der Waals surface area (Å²) in [7, 11) is 0. The maximum absolute atomic E-state index is 6.26. The van der Waals surface area contributed by atoms with Crippen LogP contribution in [0, 0.1) is 6.92 Å². The Morgan fingerprint density at radius 3 is 2.62 bits per heavy atom. The number of rotatable bonds is 4. The molecule has 0 saturated carbocycles.